The van der Waals surface area contributed by atoms with E-state index in [4.69, 9.17) is 27.8 Å². The van der Waals surface area contributed by atoms with Crippen LogP contribution in [0.5, 0.6) is 0 Å². The SMILES string of the molecule is CC(N)=C(C(=O)OCC(=O)c1ccccc1Cl)C(N)=Nc1ccccn1. The van der Waals surface area contributed by atoms with Crippen LogP contribution in [0.2, 0.25) is 5.02 Å². The molecule has 1 aromatic heterocycles. The Labute approximate surface area is 155 Å². The third-order valence-electron chi connectivity index (χ3n) is 3.25. The summed E-state index contributed by atoms with van der Waals surface area (Å²) in [4.78, 5) is 32.5. The topological polar surface area (TPSA) is 121 Å². The standard InChI is InChI=1S/C18H17ClN4O3/c1-11(20)16(17(21)23-15-8-4-5-9-22-15)18(25)26-10-14(24)12-6-2-3-7-13(12)19/h2-9H,10,20H2,1H3,(H2,21,22,23). The number of amidine groups is 1. The van der Waals surface area contributed by atoms with Gasteiger partial charge in [-0.2, -0.15) is 0 Å². The van der Waals surface area contributed by atoms with Crippen molar-refractivity contribution in [3.63, 3.8) is 0 Å². The molecule has 0 aliphatic heterocycles. The molecule has 26 heavy (non-hydrogen) atoms. The van der Waals surface area contributed by atoms with Crippen LogP contribution in [0.4, 0.5) is 5.82 Å². The summed E-state index contributed by atoms with van der Waals surface area (Å²) >= 11 is 5.95. The number of carbonyl (C=O) groups is 2. The van der Waals surface area contributed by atoms with Gasteiger partial charge in [-0.15, -0.1) is 0 Å². The van der Waals surface area contributed by atoms with Gasteiger partial charge in [0, 0.05) is 17.5 Å². The van der Waals surface area contributed by atoms with Crippen LogP contribution >= 0.6 is 11.6 Å². The number of aliphatic imine (C=N–C) groups is 1. The number of hydrogen-bond donors (Lipinski definition) is 2. The van der Waals surface area contributed by atoms with Crippen molar-refractivity contribution in [2.45, 2.75) is 6.92 Å². The number of ether oxygens (including phenoxy) is 1. The summed E-state index contributed by atoms with van der Waals surface area (Å²) in [5.41, 5.74) is 11.8. The molecule has 134 valence electrons. The van der Waals surface area contributed by atoms with Crippen LogP contribution in [0.1, 0.15) is 17.3 Å². The first kappa shape index (κ1) is 19.1. The van der Waals surface area contributed by atoms with E-state index in [0.717, 1.165) is 0 Å². The van der Waals surface area contributed by atoms with E-state index in [1.54, 1.807) is 42.5 Å². The predicted octanol–water partition coefficient (Wildman–Crippen LogP) is 2.38. The maximum atomic E-state index is 12.3. The number of halogens is 1. The van der Waals surface area contributed by atoms with Crippen LogP contribution in [0.3, 0.4) is 0 Å². The van der Waals surface area contributed by atoms with Crippen LogP contribution < -0.4 is 11.5 Å². The molecule has 2 aromatic rings. The number of aromatic nitrogens is 1. The van der Waals surface area contributed by atoms with E-state index in [9.17, 15) is 9.59 Å². The van der Waals surface area contributed by atoms with E-state index in [2.05, 4.69) is 9.98 Å². The fourth-order valence-corrected chi connectivity index (χ4v) is 2.28. The number of carbonyl (C=O) groups excluding carboxylic acids is 2. The molecular formula is C18H17ClN4O3. The second-order valence-corrected chi connectivity index (χ2v) is 5.63. The minimum absolute atomic E-state index is 0.109. The van der Waals surface area contributed by atoms with Crippen LogP contribution in [-0.4, -0.2) is 29.2 Å². The molecule has 0 radical (unpaired) electrons. The lowest BCUT2D eigenvalue weighted by atomic mass is 10.1. The third kappa shape index (κ3) is 4.90. The number of ketones is 1. The number of pyridine rings is 1. The fraction of sp³-hybridized carbons (Fsp3) is 0.111. The molecule has 0 saturated carbocycles. The van der Waals surface area contributed by atoms with Gasteiger partial charge in [-0.1, -0.05) is 29.8 Å². The van der Waals surface area contributed by atoms with Gasteiger partial charge in [-0.25, -0.2) is 14.8 Å². The van der Waals surface area contributed by atoms with E-state index >= 15 is 0 Å². The van der Waals surface area contributed by atoms with E-state index in [1.165, 1.54) is 13.1 Å². The summed E-state index contributed by atoms with van der Waals surface area (Å²) in [5, 5.41) is 0.274. The first-order valence-corrected chi connectivity index (χ1v) is 7.94. The number of Topliss-reactive ketones (excluding diaryl/α,β-unsaturated/α-hetero) is 1. The number of esters is 1. The molecule has 0 aliphatic rings. The van der Waals surface area contributed by atoms with Crippen LogP contribution in [0.25, 0.3) is 0 Å². The summed E-state index contributed by atoms with van der Waals surface area (Å²) in [7, 11) is 0. The number of hydrogen-bond acceptors (Lipinski definition) is 6. The van der Waals surface area contributed by atoms with E-state index in [1.807, 2.05) is 0 Å². The Kier molecular flexibility index (Phi) is 6.46. The van der Waals surface area contributed by atoms with Gasteiger partial charge in [-0.3, -0.25) is 4.79 Å². The van der Waals surface area contributed by atoms with Crippen molar-refractivity contribution in [2.24, 2.45) is 16.5 Å². The van der Waals surface area contributed by atoms with Gasteiger partial charge in [0.15, 0.2) is 12.4 Å². The largest absolute Gasteiger partial charge is 0.454 e. The van der Waals surface area contributed by atoms with E-state index < -0.39 is 18.4 Å². The smallest absolute Gasteiger partial charge is 0.344 e. The van der Waals surface area contributed by atoms with Crippen molar-refractivity contribution in [1.29, 1.82) is 0 Å². The molecule has 1 aromatic carbocycles. The third-order valence-corrected chi connectivity index (χ3v) is 3.58. The molecular weight excluding hydrogens is 356 g/mol. The second kappa shape index (κ2) is 8.77. The zero-order valence-corrected chi connectivity index (χ0v) is 14.7. The normalized spacial score (nSPS) is 12.3. The molecule has 0 fully saturated rings. The monoisotopic (exact) mass is 372 g/mol. The number of allylic oxidation sites excluding steroid dienone is 1. The molecule has 7 nitrogen and oxygen atoms in total. The van der Waals surface area contributed by atoms with Crippen LogP contribution in [-0.2, 0) is 9.53 Å². The molecule has 4 N–H and O–H groups in total. The average Bonchev–Trinajstić information content (AvgIpc) is 2.60. The van der Waals surface area contributed by atoms with Gasteiger partial charge in [0.2, 0.25) is 5.78 Å². The average molecular weight is 373 g/mol. The lowest BCUT2D eigenvalue weighted by Crippen LogP contribution is -2.27. The highest BCUT2D eigenvalue weighted by molar-refractivity contribution is 6.34. The quantitative estimate of drug-likeness (QED) is 0.264. The number of nitrogens with two attached hydrogens (primary N) is 2. The number of rotatable bonds is 6. The Bertz CT molecular complexity index is 875. The van der Waals surface area contributed by atoms with Gasteiger partial charge in [-0.05, 0) is 31.2 Å². The Morgan fingerprint density at radius 3 is 2.46 bits per heavy atom. The minimum atomic E-state index is -0.859. The van der Waals surface area contributed by atoms with Crippen molar-refractivity contribution in [2.75, 3.05) is 6.61 Å². The number of benzene rings is 1. The highest BCUT2D eigenvalue weighted by Gasteiger charge is 2.20. The molecule has 0 unspecified atom stereocenters. The van der Waals surface area contributed by atoms with Crippen LogP contribution in [0, 0.1) is 0 Å². The van der Waals surface area contributed by atoms with Crippen molar-refractivity contribution >= 4 is 35.0 Å². The summed E-state index contributed by atoms with van der Waals surface area (Å²) < 4.78 is 5.03. The van der Waals surface area contributed by atoms with Gasteiger partial charge in [0.1, 0.15) is 11.4 Å². The molecule has 0 aliphatic carbocycles. The Morgan fingerprint density at radius 1 is 1.15 bits per heavy atom. The molecule has 2 rings (SSSR count). The van der Waals surface area contributed by atoms with Gasteiger partial charge < -0.3 is 16.2 Å². The first-order chi connectivity index (χ1) is 12.4. The van der Waals surface area contributed by atoms with E-state index in [-0.39, 0.29) is 27.7 Å². The van der Waals surface area contributed by atoms with Gasteiger partial charge in [0.05, 0.1) is 5.02 Å². The van der Waals surface area contributed by atoms with Crippen LogP contribution in [0.15, 0.2) is 64.9 Å². The lowest BCUT2D eigenvalue weighted by Gasteiger charge is -2.10. The van der Waals surface area contributed by atoms with Gasteiger partial charge >= 0.3 is 5.97 Å². The van der Waals surface area contributed by atoms with E-state index in [0.29, 0.717) is 5.82 Å². The molecule has 0 amide bonds. The first-order valence-electron chi connectivity index (χ1n) is 7.57. The Hall–Kier alpha value is -3.19. The predicted molar refractivity (Wildman–Crippen MR) is 99.1 cm³/mol. The van der Waals surface area contributed by atoms with Crippen molar-refractivity contribution in [1.82, 2.24) is 4.98 Å². The summed E-state index contributed by atoms with van der Waals surface area (Å²) in [6.07, 6.45) is 1.53. The highest BCUT2D eigenvalue weighted by Crippen LogP contribution is 2.16. The van der Waals surface area contributed by atoms with Crippen molar-refractivity contribution in [3.8, 4) is 0 Å². The fourth-order valence-electron chi connectivity index (χ4n) is 2.04. The molecule has 0 saturated heterocycles. The summed E-state index contributed by atoms with van der Waals surface area (Å²) in [6.45, 7) is 0.976. The second-order valence-electron chi connectivity index (χ2n) is 5.22. The molecule has 0 bridgehead atoms. The molecule has 0 atom stereocenters. The van der Waals surface area contributed by atoms with Gasteiger partial charge in [0.25, 0.3) is 0 Å². The maximum Gasteiger partial charge on any atom is 0.344 e. The Balaban J connectivity index is 2.13. The number of nitrogens with zero attached hydrogens (tertiary/aromatic N) is 2. The maximum absolute atomic E-state index is 12.3. The zero-order valence-electron chi connectivity index (χ0n) is 14.0. The lowest BCUT2D eigenvalue weighted by molar-refractivity contribution is -0.137. The van der Waals surface area contributed by atoms with Crippen molar-refractivity contribution in [3.05, 3.63) is 70.5 Å². The summed E-state index contributed by atoms with van der Waals surface area (Å²) in [5.74, 6) is -1.15. The molecule has 0 spiro atoms. The van der Waals surface area contributed by atoms with Crippen molar-refractivity contribution < 1.29 is 14.3 Å². The zero-order chi connectivity index (χ0) is 19.1. The summed E-state index contributed by atoms with van der Waals surface area (Å²) in [6, 6.07) is 11.5. The minimum Gasteiger partial charge on any atom is -0.454 e. The highest BCUT2D eigenvalue weighted by atomic mass is 35.5. The molecule has 1 heterocycles. The molecule has 8 heteroatoms. The Morgan fingerprint density at radius 2 is 1.85 bits per heavy atom.